The van der Waals surface area contributed by atoms with Crippen LogP contribution >= 0.6 is 0 Å². The van der Waals surface area contributed by atoms with Crippen molar-refractivity contribution in [2.24, 2.45) is 0 Å². The first kappa shape index (κ1) is 11.7. The van der Waals surface area contributed by atoms with Gasteiger partial charge in [0.25, 0.3) is 5.91 Å². The molecular formula is C11H9F3N2O. The Morgan fingerprint density at radius 2 is 2.00 bits per heavy atom. The van der Waals surface area contributed by atoms with E-state index in [0.717, 1.165) is 11.1 Å². The average molecular weight is 242 g/mol. The van der Waals surface area contributed by atoms with Gasteiger partial charge in [-0.15, -0.1) is 0 Å². The maximum atomic E-state index is 11.8. The molecule has 0 aromatic rings. The van der Waals surface area contributed by atoms with Gasteiger partial charge in [0.15, 0.2) is 0 Å². The summed E-state index contributed by atoms with van der Waals surface area (Å²) < 4.78 is 35.5. The SMILES string of the molecule is O=C(NNCC(F)(F)F)C1=C2C=CC=C2C=C1. The van der Waals surface area contributed by atoms with E-state index in [1.165, 1.54) is 0 Å². The molecule has 0 heterocycles. The summed E-state index contributed by atoms with van der Waals surface area (Å²) in [5.41, 5.74) is 5.85. The maximum absolute atomic E-state index is 11.8. The van der Waals surface area contributed by atoms with Crippen molar-refractivity contribution >= 4 is 5.91 Å². The third-order valence-corrected chi connectivity index (χ3v) is 2.30. The first-order valence-corrected chi connectivity index (χ1v) is 4.88. The quantitative estimate of drug-likeness (QED) is 0.737. The number of rotatable bonds is 3. The zero-order valence-corrected chi connectivity index (χ0v) is 8.64. The number of halogens is 3. The third-order valence-electron chi connectivity index (χ3n) is 2.30. The summed E-state index contributed by atoms with van der Waals surface area (Å²) in [7, 11) is 0. The Kier molecular flexibility index (Phi) is 2.89. The molecule has 0 unspecified atom stereocenters. The molecule has 0 bridgehead atoms. The van der Waals surface area contributed by atoms with Gasteiger partial charge in [-0.05, 0) is 17.2 Å². The molecule has 0 atom stereocenters. The van der Waals surface area contributed by atoms with Crippen LogP contribution in [0.1, 0.15) is 0 Å². The van der Waals surface area contributed by atoms with Crippen molar-refractivity contribution in [2.75, 3.05) is 6.54 Å². The van der Waals surface area contributed by atoms with Crippen LogP contribution < -0.4 is 10.9 Å². The van der Waals surface area contributed by atoms with Gasteiger partial charge in [0.2, 0.25) is 0 Å². The summed E-state index contributed by atoms with van der Waals surface area (Å²) in [6.07, 6.45) is 4.33. The van der Waals surface area contributed by atoms with Crippen LogP contribution in [0.3, 0.4) is 0 Å². The normalized spacial score (nSPS) is 17.5. The van der Waals surface area contributed by atoms with E-state index in [1.54, 1.807) is 24.3 Å². The van der Waals surface area contributed by atoms with Crippen LogP contribution in [0.4, 0.5) is 13.2 Å². The van der Waals surface area contributed by atoms with Crippen molar-refractivity contribution in [3.05, 3.63) is 47.1 Å². The summed E-state index contributed by atoms with van der Waals surface area (Å²) >= 11 is 0. The van der Waals surface area contributed by atoms with E-state index in [1.807, 2.05) is 16.9 Å². The van der Waals surface area contributed by atoms with Gasteiger partial charge < -0.3 is 0 Å². The number of nitrogens with one attached hydrogen (secondary N) is 2. The van der Waals surface area contributed by atoms with E-state index in [-0.39, 0.29) is 0 Å². The topological polar surface area (TPSA) is 41.1 Å². The average Bonchev–Trinajstić information content (AvgIpc) is 2.74. The molecule has 6 heteroatoms. The van der Waals surface area contributed by atoms with Crippen molar-refractivity contribution in [3.63, 3.8) is 0 Å². The number of hydrogen-bond donors (Lipinski definition) is 2. The second-order valence-corrected chi connectivity index (χ2v) is 3.56. The molecule has 2 aliphatic rings. The van der Waals surface area contributed by atoms with Crippen LogP contribution in [0.15, 0.2) is 47.1 Å². The molecular weight excluding hydrogens is 233 g/mol. The lowest BCUT2D eigenvalue weighted by Gasteiger charge is -2.10. The molecule has 2 aliphatic carbocycles. The second-order valence-electron chi connectivity index (χ2n) is 3.56. The van der Waals surface area contributed by atoms with Gasteiger partial charge in [0, 0.05) is 5.57 Å². The van der Waals surface area contributed by atoms with Crippen molar-refractivity contribution in [3.8, 4) is 0 Å². The molecule has 1 amide bonds. The largest absolute Gasteiger partial charge is 0.402 e. The molecule has 0 radical (unpaired) electrons. The highest BCUT2D eigenvalue weighted by Gasteiger charge is 2.27. The van der Waals surface area contributed by atoms with Gasteiger partial charge in [-0.3, -0.25) is 10.2 Å². The Bertz CT molecular complexity index is 470. The van der Waals surface area contributed by atoms with Crippen LogP contribution in [0.2, 0.25) is 0 Å². The van der Waals surface area contributed by atoms with E-state index in [4.69, 9.17) is 0 Å². The molecule has 0 aromatic carbocycles. The molecule has 90 valence electrons. The first-order valence-electron chi connectivity index (χ1n) is 4.88. The number of hydrazine groups is 1. The number of allylic oxidation sites excluding steroid dienone is 6. The number of alkyl halides is 3. The van der Waals surface area contributed by atoms with Crippen LogP contribution in [0.5, 0.6) is 0 Å². The number of carbonyl (C=O) groups is 1. The smallest absolute Gasteiger partial charge is 0.287 e. The minimum absolute atomic E-state index is 0.361. The Labute approximate surface area is 95.3 Å². The van der Waals surface area contributed by atoms with E-state index in [2.05, 4.69) is 0 Å². The highest BCUT2D eigenvalue weighted by Crippen LogP contribution is 2.29. The second kappa shape index (κ2) is 4.21. The standard InChI is InChI=1S/C11H9F3N2O/c12-11(13,14)6-15-16-10(17)9-5-4-7-2-1-3-8(7)9/h1-5,15H,6H2,(H,16,17). The minimum Gasteiger partial charge on any atom is -0.287 e. The summed E-state index contributed by atoms with van der Waals surface area (Å²) in [6, 6.07) is 0. The highest BCUT2D eigenvalue weighted by atomic mass is 19.4. The van der Waals surface area contributed by atoms with Crippen LogP contribution in [-0.2, 0) is 4.79 Å². The lowest BCUT2D eigenvalue weighted by molar-refractivity contribution is -0.130. The van der Waals surface area contributed by atoms with Gasteiger partial charge in [-0.1, -0.05) is 24.3 Å². The van der Waals surface area contributed by atoms with Gasteiger partial charge in [-0.25, -0.2) is 5.43 Å². The minimum atomic E-state index is -4.35. The first-order chi connectivity index (χ1) is 7.97. The molecule has 0 saturated heterocycles. The fourth-order valence-corrected chi connectivity index (χ4v) is 1.58. The predicted molar refractivity (Wildman–Crippen MR) is 55.6 cm³/mol. The van der Waals surface area contributed by atoms with Crippen molar-refractivity contribution in [1.29, 1.82) is 0 Å². The summed E-state index contributed by atoms with van der Waals surface area (Å²) in [5, 5.41) is 0. The van der Waals surface area contributed by atoms with Gasteiger partial charge in [-0.2, -0.15) is 13.2 Å². The van der Waals surface area contributed by atoms with Crippen LogP contribution in [-0.4, -0.2) is 18.6 Å². The molecule has 0 spiro atoms. The molecule has 0 fully saturated rings. The fraction of sp³-hybridized carbons (Fsp3) is 0.182. The van der Waals surface area contributed by atoms with Gasteiger partial charge in [0.1, 0.15) is 6.54 Å². The molecule has 2 N–H and O–H groups in total. The highest BCUT2D eigenvalue weighted by molar-refractivity contribution is 6.00. The van der Waals surface area contributed by atoms with Crippen molar-refractivity contribution in [2.45, 2.75) is 6.18 Å². The van der Waals surface area contributed by atoms with Crippen molar-refractivity contribution in [1.82, 2.24) is 10.9 Å². The van der Waals surface area contributed by atoms with Crippen molar-refractivity contribution < 1.29 is 18.0 Å². The third kappa shape index (κ3) is 2.65. The van der Waals surface area contributed by atoms with E-state index in [0.29, 0.717) is 5.57 Å². The monoisotopic (exact) mass is 242 g/mol. The Balaban J connectivity index is 1.94. The molecule has 0 aromatic heterocycles. The fourth-order valence-electron chi connectivity index (χ4n) is 1.58. The summed E-state index contributed by atoms with van der Waals surface area (Å²) in [5.74, 6) is -0.574. The summed E-state index contributed by atoms with van der Waals surface area (Å²) in [4.78, 5) is 11.6. The number of fused-ring (bicyclic) bond motifs is 1. The van der Waals surface area contributed by atoms with Crippen LogP contribution in [0, 0.1) is 0 Å². The van der Waals surface area contributed by atoms with Crippen LogP contribution in [0.25, 0.3) is 0 Å². The zero-order chi connectivity index (χ0) is 12.5. The molecule has 3 nitrogen and oxygen atoms in total. The molecule has 2 rings (SSSR count). The lowest BCUT2D eigenvalue weighted by Crippen LogP contribution is -2.43. The Morgan fingerprint density at radius 1 is 1.24 bits per heavy atom. The number of amides is 1. The number of carbonyl (C=O) groups excluding carboxylic acids is 1. The zero-order valence-electron chi connectivity index (χ0n) is 8.64. The molecule has 17 heavy (non-hydrogen) atoms. The lowest BCUT2D eigenvalue weighted by atomic mass is 10.1. The van der Waals surface area contributed by atoms with E-state index < -0.39 is 18.6 Å². The van der Waals surface area contributed by atoms with Gasteiger partial charge in [0.05, 0.1) is 0 Å². The Morgan fingerprint density at radius 3 is 2.71 bits per heavy atom. The molecule has 0 aliphatic heterocycles. The predicted octanol–water partition coefficient (Wildman–Crippen LogP) is 1.53. The summed E-state index contributed by atoms with van der Waals surface area (Å²) in [6.45, 7) is -1.26. The Hall–Kier alpha value is -1.82. The maximum Gasteiger partial charge on any atom is 0.402 e. The van der Waals surface area contributed by atoms with E-state index >= 15 is 0 Å². The molecule has 0 saturated carbocycles. The van der Waals surface area contributed by atoms with Gasteiger partial charge >= 0.3 is 6.18 Å². The number of hydrogen-bond acceptors (Lipinski definition) is 2. The van der Waals surface area contributed by atoms with E-state index in [9.17, 15) is 18.0 Å².